The van der Waals surface area contributed by atoms with E-state index in [0.717, 1.165) is 11.1 Å². The van der Waals surface area contributed by atoms with Crippen LogP contribution in [0.25, 0.3) is 0 Å². The third-order valence-electron chi connectivity index (χ3n) is 3.79. The summed E-state index contributed by atoms with van der Waals surface area (Å²) in [5.41, 5.74) is 2.46. The average molecular weight is 422 g/mol. The van der Waals surface area contributed by atoms with Crippen LogP contribution in [0.3, 0.4) is 0 Å². The molecule has 140 valence electrons. The van der Waals surface area contributed by atoms with Crippen LogP contribution in [0.5, 0.6) is 11.5 Å². The Morgan fingerprint density at radius 1 is 1.15 bits per heavy atom. The van der Waals surface area contributed by atoms with Crippen molar-refractivity contribution < 1.29 is 14.3 Å². The third-order valence-corrected chi connectivity index (χ3v) is 5.59. The lowest BCUT2D eigenvalue weighted by Crippen LogP contribution is -2.10. The zero-order valence-corrected chi connectivity index (χ0v) is 17.0. The number of carbonyl (C=O) groups excluding carboxylic acids is 1. The summed E-state index contributed by atoms with van der Waals surface area (Å²) in [7, 11) is 1.61. The molecule has 0 saturated carbocycles. The largest absolute Gasteiger partial charge is 0.493 e. The first-order chi connectivity index (χ1) is 13.0. The summed E-state index contributed by atoms with van der Waals surface area (Å²) < 4.78 is 11.2. The van der Waals surface area contributed by atoms with Gasteiger partial charge in [0.2, 0.25) is 0 Å². The Hall–Kier alpha value is -2.21. The molecule has 0 radical (unpaired) electrons. The van der Waals surface area contributed by atoms with E-state index in [-0.39, 0.29) is 5.91 Å². The first-order valence-corrected chi connectivity index (χ1v) is 9.71. The second-order valence-electron chi connectivity index (χ2n) is 5.82. The summed E-state index contributed by atoms with van der Waals surface area (Å²) in [5.74, 6) is 1.09. The fourth-order valence-corrected chi connectivity index (χ4v) is 3.55. The molecule has 0 bridgehead atoms. The van der Waals surface area contributed by atoms with Gasteiger partial charge in [0.05, 0.1) is 27.7 Å². The first-order valence-electron chi connectivity index (χ1n) is 8.08. The van der Waals surface area contributed by atoms with Gasteiger partial charge in [0.1, 0.15) is 6.61 Å². The smallest absolute Gasteiger partial charge is 0.265 e. The van der Waals surface area contributed by atoms with Gasteiger partial charge in [0.25, 0.3) is 5.91 Å². The van der Waals surface area contributed by atoms with Gasteiger partial charge in [-0.15, -0.1) is 11.3 Å². The average Bonchev–Trinajstić information content (AvgIpc) is 3.13. The van der Waals surface area contributed by atoms with Crippen LogP contribution in [0, 0.1) is 6.92 Å². The molecule has 3 aromatic rings. The van der Waals surface area contributed by atoms with Crippen LogP contribution in [-0.4, -0.2) is 13.0 Å². The van der Waals surface area contributed by atoms with Gasteiger partial charge >= 0.3 is 0 Å². The monoisotopic (exact) mass is 421 g/mol. The molecular formula is C20H17Cl2NO3S. The van der Waals surface area contributed by atoms with E-state index < -0.39 is 0 Å². The molecule has 1 N–H and O–H groups in total. The molecule has 0 atom stereocenters. The van der Waals surface area contributed by atoms with Crippen LogP contribution in [0.15, 0.2) is 47.8 Å². The summed E-state index contributed by atoms with van der Waals surface area (Å²) in [6.45, 7) is 2.32. The van der Waals surface area contributed by atoms with Crippen molar-refractivity contribution in [3.8, 4) is 11.5 Å². The first kappa shape index (κ1) is 19.5. The Labute approximate surface area is 171 Å². The molecule has 27 heavy (non-hydrogen) atoms. The summed E-state index contributed by atoms with van der Waals surface area (Å²) in [6.07, 6.45) is 0. The number of thiophene rings is 1. The predicted octanol–water partition coefficient (Wildman–Crippen LogP) is 6.20. The second-order valence-corrected chi connectivity index (χ2v) is 7.51. The molecule has 0 unspecified atom stereocenters. The Balaban J connectivity index is 1.66. The number of methoxy groups -OCH3 is 1. The van der Waals surface area contributed by atoms with Crippen molar-refractivity contribution in [1.82, 2.24) is 0 Å². The minimum Gasteiger partial charge on any atom is -0.493 e. The van der Waals surface area contributed by atoms with Crippen LogP contribution in [0.2, 0.25) is 10.0 Å². The van der Waals surface area contributed by atoms with Gasteiger partial charge in [0.15, 0.2) is 11.5 Å². The molecule has 2 aromatic carbocycles. The van der Waals surface area contributed by atoms with Crippen LogP contribution >= 0.6 is 34.5 Å². The van der Waals surface area contributed by atoms with Crippen LogP contribution < -0.4 is 14.8 Å². The maximum Gasteiger partial charge on any atom is 0.265 e. The number of aryl methyl sites for hydroxylation is 1. The van der Waals surface area contributed by atoms with E-state index in [0.29, 0.717) is 38.7 Å². The van der Waals surface area contributed by atoms with Crippen molar-refractivity contribution in [3.63, 3.8) is 0 Å². The van der Waals surface area contributed by atoms with Gasteiger partial charge in [-0.3, -0.25) is 4.79 Å². The van der Waals surface area contributed by atoms with E-state index in [2.05, 4.69) is 5.32 Å². The molecule has 0 aliphatic heterocycles. The molecular weight excluding hydrogens is 405 g/mol. The Morgan fingerprint density at radius 2 is 1.96 bits per heavy atom. The number of rotatable bonds is 6. The zero-order valence-electron chi connectivity index (χ0n) is 14.7. The van der Waals surface area contributed by atoms with E-state index in [1.54, 1.807) is 31.4 Å². The Morgan fingerprint density at radius 3 is 2.74 bits per heavy atom. The number of carbonyl (C=O) groups is 1. The highest BCUT2D eigenvalue weighted by Gasteiger charge is 2.13. The van der Waals surface area contributed by atoms with Gasteiger partial charge in [0, 0.05) is 5.56 Å². The summed E-state index contributed by atoms with van der Waals surface area (Å²) in [5, 5.41) is 5.37. The minimum absolute atomic E-state index is 0.247. The summed E-state index contributed by atoms with van der Waals surface area (Å²) >= 11 is 13.4. The topological polar surface area (TPSA) is 47.6 Å². The number of benzene rings is 2. The van der Waals surface area contributed by atoms with Crippen molar-refractivity contribution in [2.45, 2.75) is 13.5 Å². The standard InChI is InChI=1S/C20H17Cl2NO3S/c1-12-6-7-16(17(8-12)25-2)26-10-13-9-18(27-11-13)20(24)23-15-5-3-4-14(21)19(15)22/h3-9,11H,10H2,1-2H3,(H,23,24). The third kappa shape index (κ3) is 4.75. The van der Waals surface area contributed by atoms with Crippen molar-refractivity contribution >= 4 is 46.1 Å². The van der Waals surface area contributed by atoms with Crippen LogP contribution in [0.1, 0.15) is 20.8 Å². The molecule has 7 heteroatoms. The number of anilines is 1. The van der Waals surface area contributed by atoms with Crippen molar-refractivity contribution in [2.24, 2.45) is 0 Å². The number of hydrogen-bond donors (Lipinski definition) is 1. The molecule has 0 fully saturated rings. The molecule has 0 spiro atoms. The fraction of sp³-hybridized carbons (Fsp3) is 0.150. The van der Waals surface area contributed by atoms with Gasteiger partial charge in [-0.2, -0.15) is 0 Å². The number of amides is 1. The normalized spacial score (nSPS) is 10.5. The Kier molecular flexibility index (Phi) is 6.26. The number of ether oxygens (including phenoxy) is 2. The molecule has 0 saturated heterocycles. The lowest BCUT2D eigenvalue weighted by molar-refractivity contribution is 0.103. The van der Waals surface area contributed by atoms with Gasteiger partial charge in [-0.05, 0) is 48.2 Å². The number of nitrogens with one attached hydrogen (secondary N) is 1. The highest BCUT2D eigenvalue weighted by Crippen LogP contribution is 2.31. The fourth-order valence-electron chi connectivity index (χ4n) is 2.41. The van der Waals surface area contributed by atoms with Gasteiger partial charge in [-0.1, -0.05) is 35.3 Å². The van der Waals surface area contributed by atoms with Gasteiger partial charge in [-0.25, -0.2) is 0 Å². The van der Waals surface area contributed by atoms with E-state index in [1.807, 2.05) is 30.5 Å². The van der Waals surface area contributed by atoms with Crippen molar-refractivity contribution in [2.75, 3.05) is 12.4 Å². The quantitative estimate of drug-likeness (QED) is 0.514. The molecule has 1 aromatic heterocycles. The second kappa shape index (κ2) is 8.65. The van der Waals surface area contributed by atoms with Crippen LogP contribution in [-0.2, 0) is 6.61 Å². The SMILES string of the molecule is COc1cc(C)ccc1OCc1csc(C(=O)Nc2cccc(Cl)c2Cl)c1. The predicted molar refractivity (Wildman–Crippen MR) is 111 cm³/mol. The van der Waals surface area contributed by atoms with E-state index in [9.17, 15) is 4.79 Å². The zero-order chi connectivity index (χ0) is 19.4. The summed E-state index contributed by atoms with van der Waals surface area (Å²) in [6, 6.07) is 12.6. The number of halogens is 2. The van der Waals surface area contributed by atoms with E-state index in [4.69, 9.17) is 32.7 Å². The lowest BCUT2D eigenvalue weighted by atomic mass is 10.2. The summed E-state index contributed by atoms with van der Waals surface area (Å²) in [4.78, 5) is 13.0. The molecule has 3 rings (SSSR count). The molecule has 0 aliphatic rings. The van der Waals surface area contributed by atoms with Crippen molar-refractivity contribution in [3.05, 3.63) is 73.9 Å². The van der Waals surface area contributed by atoms with E-state index >= 15 is 0 Å². The number of hydrogen-bond acceptors (Lipinski definition) is 4. The maximum atomic E-state index is 12.4. The molecule has 1 amide bonds. The molecule has 4 nitrogen and oxygen atoms in total. The van der Waals surface area contributed by atoms with Gasteiger partial charge < -0.3 is 14.8 Å². The molecule has 1 heterocycles. The van der Waals surface area contributed by atoms with Crippen LogP contribution in [0.4, 0.5) is 5.69 Å². The minimum atomic E-state index is -0.247. The van der Waals surface area contributed by atoms with Crippen molar-refractivity contribution in [1.29, 1.82) is 0 Å². The maximum absolute atomic E-state index is 12.4. The lowest BCUT2D eigenvalue weighted by Gasteiger charge is -2.10. The molecule has 0 aliphatic carbocycles. The highest BCUT2D eigenvalue weighted by molar-refractivity contribution is 7.12. The Bertz CT molecular complexity index is 972. The highest BCUT2D eigenvalue weighted by atomic mass is 35.5. The van der Waals surface area contributed by atoms with E-state index in [1.165, 1.54) is 11.3 Å².